The average molecular weight is 496 g/mol. The van der Waals surface area contributed by atoms with Crippen molar-refractivity contribution in [3.63, 3.8) is 0 Å². The van der Waals surface area contributed by atoms with Crippen LogP contribution in [0.3, 0.4) is 0 Å². The van der Waals surface area contributed by atoms with E-state index < -0.39 is 27.8 Å². The number of anilines is 1. The molecule has 0 amide bonds. The number of rotatable bonds is 8. The summed E-state index contributed by atoms with van der Waals surface area (Å²) >= 11 is 1.48. The van der Waals surface area contributed by atoms with Crippen molar-refractivity contribution in [1.82, 2.24) is 0 Å². The number of alkyl halides is 3. The molecule has 0 aromatic heterocycles. The predicted octanol–water partition coefficient (Wildman–Crippen LogP) is 6.61. The first-order chi connectivity index (χ1) is 15.5. The third-order valence-corrected chi connectivity index (χ3v) is 7.59. The van der Waals surface area contributed by atoms with Crippen molar-refractivity contribution < 1.29 is 26.3 Å². The highest BCUT2D eigenvalue weighted by Gasteiger charge is 2.34. The van der Waals surface area contributed by atoms with E-state index in [0.717, 1.165) is 33.0 Å². The van der Waals surface area contributed by atoms with Gasteiger partial charge in [-0.25, -0.2) is 8.42 Å². The van der Waals surface area contributed by atoms with Crippen LogP contribution in [0.1, 0.15) is 25.0 Å². The molecule has 0 atom stereocenters. The summed E-state index contributed by atoms with van der Waals surface area (Å²) in [7, 11) is -4.07. The molecule has 3 aromatic rings. The van der Waals surface area contributed by atoms with Gasteiger partial charge in [0.2, 0.25) is 0 Å². The second-order valence-electron chi connectivity index (χ2n) is 7.52. The standard InChI is InChI=1S/C24H24F3NO3S2/c1-17(2)28(33(29,30)21-12-10-20(32-3)11-13-21)22-14-9-19(24(25,26)27)15-23(22)31-16-18-7-5-4-6-8-18/h4-15,17H,16H2,1-3H3. The Morgan fingerprint density at radius 1 is 0.970 bits per heavy atom. The lowest BCUT2D eigenvalue weighted by molar-refractivity contribution is -0.137. The number of sulfonamides is 1. The van der Waals surface area contributed by atoms with Gasteiger partial charge in [0, 0.05) is 10.9 Å². The number of hydrogen-bond acceptors (Lipinski definition) is 4. The Morgan fingerprint density at radius 2 is 1.61 bits per heavy atom. The number of hydrogen-bond donors (Lipinski definition) is 0. The maximum Gasteiger partial charge on any atom is 0.416 e. The van der Waals surface area contributed by atoms with Gasteiger partial charge in [-0.2, -0.15) is 13.2 Å². The van der Waals surface area contributed by atoms with Crippen molar-refractivity contribution in [3.05, 3.63) is 83.9 Å². The first-order valence-corrected chi connectivity index (χ1v) is 12.8. The maximum atomic E-state index is 13.5. The van der Waals surface area contributed by atoms with E-state index in [2.05, 4.69) is 0 Å². The van der Waals surface area contributed by atoms with Gasteiger partial charge in [0.15, 0.2) is 0 Å². The van der Waals surface area contributed by atoms with Gasteiger partial charge < -0.3 is 4.74 Å². The van der Waals surface area contributed by atoms with E-state index in [0.29, 0.717) is 0 Å². The quantitative estimate of drug-likeness (QED) is 0.330. The number of benzene rings is 3. The summed E-state index contributed by atoms with van der Waals surface area (Å²) in [6.07, 6.45) is -2.72. The topological polar surface area (TPSA) is 46.6 Å². The molecular weight excluding hydrogens is 471 g/mol. The van der Waals surface area contributed by atoms with Crippen molar-refractivity contribution in [2.24, 2.45) is 0 Å². The van der Waals surface area contributed by atoms with Gasteiger partial charge in [0.25, 0.3) is 10.0 Å². The molecule has 0 radical (unpaired) electrons. The number of thioether (sulfide) groups is 1. The summed E-state index contributed by atoms with van der Waals surface area (Å²) in [6, 6.07) is 17.6. The predicted molar refractivity (Wildman–Crippen MR) is 125 cm³/mol. The van der Waals surface area contributed by atoms with Gasteiger partial charge in [0.1, 0.15) is 12.4 Å². The average Bonchev–Trinajstić information content (AvgIpc) is 2.78. The van der Waals surface area contributed by atoms with E-state index in [-0.39, 0.29) is 22.9 Å². The molecule has 176 valence electrons. The molecule has 3 aromatic carbocycles. The second kappa shape index (κ2) is 10.1. The van der Waals surface area contributed by atoms with Gasteiger partial charge in [-0.3, -0.25) is 4.31 Å². The van der Waals surface area contributed by atoms with Crippen LogP contribution in [0.2, 0.25) is 0 Å². The van der Waals surface area contributed by atoms with Crippen molar-refractivity contribution >= 4 is 27.5 Å². The van der Waals surface area contributed by atoms with Crippen LogP contribution in [-0.2, 0) is 22.8 Å². The van der Waals surface area contributed by atoms with Gasteiger partial charge in [-0.15, -0.1) is 11.8 Å². The third kappa shape index (κ3) is 5.83. The van der Waals surface area contributed by atoms with E-state index in [1.165, 1.54) is 23.9 Å². The molecule has 9 heteroatoms. The van der Waals surface area contributed by atoms with Crippen LogP contribution < -0.4 is 9.04 Å². The van der Waals surface area contributed by atoms with E-state index in [4.69, 9.17) is 4.74 Å². The van der Waals surface area contributed by atoms with Crippen molar-refractivity contribution in [3.8, 4) is 5.75 Å². The van der Waals surface area contributed by atoms with Crippen LogP contribution in [0.15, 0.2) is 82.6 Å². The summed E-state index contributed by atoms with van der Waals surface area (Å²) in [6.45, 7) is 3.31. The molecule has 4 nitrogen and oxygen atoms in total. The fourth-order valence-corrected chi connectivity index (χ4v) is 5.35. The second-order valence-corrected chi connectivity index (χ2v) is 10.2. The molecule has 0 saturated heterocycles. The monoisotopic (exact) mass is 495 g/mol. The highest BCUT2D eigenvalue weighted by Crippen LogP contribution is 2.40. The van der Waals surface area contributed by atoms with Crippen LogP contribution in [0.4, 0.5) is 18.9 Å². The smallest absolute Gasteiger partial charge is 0.416 e. The van der Waals surface area contributed by atoms with Crippen LogP contribution in [0.25, 0.3) is 0 Å². The Morgan fingerprint density at radius 3 is 2.15 bits per heavy atom. The zero-order chi connectivity index (χ0) is 24.2. The van der Waals surface area contributed by atoms with Crippen LogP contribution >= 0.6 is 11.8 Å². The van der Waals surface area contributed by atoms with Gasteiger partial charge >= 0.3 is 6.18 Å². The number of ether oxygens (including phenoxy) is 1. The number of halogens is 3. The molecule has 0 aliphatic heterocycles. The van der Waals surface area contributed by atoms with E-state index in [1.807, 2.05) is 12.3 Å². The molecule has 0 aliphatic rings. The summed E-state index contributed by atoms with van der Waals surface area (Å²) in [4.78, 5) is 0.939. The highest BCUT2D eigenvalue weighted by molar-refractivity contribution is 7.98. The lowest BCUT2D eigenvalue weighted by Gasteiger charge is -2.30. The Kier molecular flexibility index (Phi) is 7.64. The fraction of sp³-hybridized carbons (Fsp3) is 0.250. The van der Waals surface area contributed by atoms with E-state index >= 15 is 0 Å². The first kappa shape index (κ1) is 25.0. The third-order valence-electron chi connectivity index (χ3n) is 4.85. The molecule has 0 bridgehead atoms. The molecule has 0 aliphatic carbocycles. The summed E-state index contributed by atoms with van der Waals surface area (Å²) in [5.74, 6) is -0.160. The lowest BCUT2D eigenvalue weighted by atomic mass is 10.1. The molecule has 0 unspecified atom stereocenters. The molecule has 0 heterocycles. The van der Waals surface area contributed by atoms with Crippen LogP contribution in [0, 0.1) is 0 Å². The normalized spacial score (nSPS) is 12.1. The minimum Gasteiger partial charge on any atom is -0.487 e. The van der Waals surface area contributed by atoms with Crippen molar-refractivity contribution in [2.75, 3.05) is 10.6 Å². The first-order valence-electron chi connectivity index (χ1n) is 10.1. The molecule has 0 spiro atoms. The van der Waals surface area contributed by atoms with Crippen LogP contribution in [-0.4, -0.2) is 20.7 Å². The van der Waals surface area contributed by atoms with Gasteiger partial charge in [0.05, 0.1) is 16.1 Å². The van der Waals surface area contributed by atoms with Crippen molar-refractivity contribution in [2.45, 2.75) is 42.5 Å². The summed E-state index contributed by atoms with van der Waals surface area (Å²) < 4.78 is 74.1. The van der Waals surface area contributed by atoms with Gasteiger partial charge in [-0.1, -0.05) is 30.3 Å². The largest absolute Gasteiger partial charge is 0.487 e. The maximum absolute atomic E-state index is 13.5. The zero-order valence-electron chi connectivity index (χ0n) is 18.3. The Labute approximate surface area is 196 Å². The van der Waals surface area contributed by atoms with Gasteiger partial charge in [-0.05, 0) is 68.1 Å². The SMILES string of the molecule is CSc1ccc(S(=O)(=O)N(c2ccc(C(F)(F)F)cc2OCc2ccccc2)C(C)C)cc1. The summed E-state index contributed by atoms with van der Waals surface area (Å²) in [5, 5.41) is 0. The van der Waals surface area contributed by atoms with E-state index in [9.17, 15) is 21.6 Å². The molecule has 0 saturated carbocycles. The van der Waals surface area contributed by atoms with Crippen molar-refractivity contribution in [1.29, 1.82) is 0 Å². The minimum absolute atomic E-state index is 0.0104. The van der Waals surface area contributed by atoms with Crippen LogP contribution in [0.5, 0.6) is 5.75 Å². The molecule has 33 heavy (non-hydrogen) atoms. The fourth-order valence-electron chi connectivity index (χ4n) is 3.27. The zero-order valence-corrected chi connectivity index (χ0v) is 20.0. The Bertz CT molecular complexity index is 1180. The molecule has 0 fully saturated rings. The molecule has 3 rings (SSSR count). The summed E-state index contributed by atoms with van der Waals surface area (Å²) in [5.41, 5.74) is -0.130. The lowest BCUT2D eigenvalue weighted by Crippen LogP contribution is -2.37. The number of nitrogens with zero attached hydrogens (tertiary/aromatic N) is 1. The molecule has 0 N–H and O–H groups in total. The highest BCUT2D eigenvalue weighted by atomic mass is 32.2. The molecular formula is C24H24F3NO3S2. The Balaban J connectivity index is 2.09. The Hall–Kier alpha value is -2.65. The minimum atomic E-state index is -4.60. The van der Waals surface area contributed by atoms with E-state index in [1.54, 1.807) is 50.2 Å².